The summed E-state index contributed by atoms with van der Waals surface area (Å²) in [6.45, 7) is 1.77. The molecule has 0 aliphatic carbocycles. The summed E-state index contributed by atoms with van der Waals surface area (Å²) in [4.78, 5) is 39.5. The fourth-order valence-corrected chi connectivity index (χ4v) is 4.36. The Kier molecular flexibility index (Phi) is 9.37. The summed E-state index contributed by atoms with van der Waals surface area (Å²) in [6.07, 6.45) is 1.64. The Bertz CT molecular complexity index is 1560. The van der Waals surface area contributed by atoms with E-state index in [1.807, 2.05) is 42.5 Å². The minimum absolute atomic E-state index is 0.0633. The molecule has 8 nitrogen and oxygen atoms in total. The number of ether oxygens (including phenoxy) is 2. The fourth-order valence-electron chi connectivity index (χ4n) is 4.36. The molecule has 0 aliphatic heterocycles. The molecule has 4 aromatic rings. The number of hydrogen-bond donors (Lipinski definition) is 3. The second kappa shape index (κ2) is 13.3. The second-order valence-electron chi connectivity index (χ2n) is 9.58. The van der Waals surface area contributed by atoms with E-state index in [0.717, 1.165) is 22.1 Å². The van der Waals surface area contributed by atoms with Gasteiger partial charge in [-0.15, -0.1) is 0 Å². The lowest BCUT2D eigenvalue weighted by Gasteiger charge is -2.22. The van der Waals surface area contributed by atoms with Gasteiger partial charge in [0.1, 0.15) is 23.2 Å². The van der Waals surface area contributed by atoms with Gasteiger partial charge in [0, 0.05) is 6.42 Å². The first kappa shape index (κ1) is 28.9. The summed E-state index contributed by atoms with van der Waals surface area (Å²) in [6, 6.07) is 25.8. The van der Waals surface area contributed by atoms with Crippen molar-refractivity contribution >= 4 is 34.6 Å². The summed E-state index contributed by atoms with van der Waals surface area (Å²) in [7, 11) is 2.84. The Morgan fingerprint density at radius 3 is 2.22 bits per heavy atom. The number of esters is 1. The lowest BCUT2D eigenvalue weighted by Crippen LogP contribution is -2.49. The molecule has 0 saturated carbocycles. The number of phenolic OH excluding ortho intramolecular Hbond substituents is 1. The van der Waals surface area contributed by atoms with Crippen LogP contribution in [0.15, 0.2) is 96.7 Å². The molecule has 0 saturated heterocycles. The number of fused-ring (bicyclic) bond motifs is 1. The molecule has 4 rings (SSSR count). The van der Waals surface area contributed by atoms with Gasteiger partial charge < -0.3 is 25.2 Å². The number of rotatable bonds is 10. The Labute approximate surface area is 238 Å². The van der Waals surface area contributed by atoms with Gasteiger partial charge in [-0.3, -0.25) is 9.59 Å². The number of phenols is 1. The molecule has 8 heteroatoms. The van der Waals surface area contributed by atoms with Crippen LogP contribution in [0.2, 0.25) is 0 Å². The van der Waals surface area contributed by atoms with Crippen LogP contribution in [0.25, 0.3) is 16.8 Å². The zero-order valence-electron chi connectivity index (χ0n) is 23.1. The molecule has 0 aromatic heterocycles. The highest BCUT2D eigenvalue weighted by molar-refractivity contribution is 6.00. The summed E-state index contributed by atoms with van der Waals surface area (Å²) < 4.78 is 10.2. The number of aromatic hydroxyl groups is 1. The van der Waals surface area contributed by atoms with Gasteiger partial charge in [-0.25, -0.2) is 4.79 Å². The van der Waals surface area contributed by atoms with E-state index < -0.39 is 23.8 Å². The lowest BCUT2D eigenvalue weighted by atomic mass is 9.96. The zero-order valence-corrected chi connectivity index (χ0v) is 23.1. The van der Waals surface area contributed by atoms with Crippen LogP contribution in [0.5, 0.6) is 11.5 Å². The molecule has 0 radical (unpaired) electrons. The minimum atomic E-state index is -1.02. The summed E-state index contributed by atoms with van der Waals surface area (Å²) in [5.41, 5.74) is 2.12. The maximum absolute atomic E-state index is 13.5. The average molecular weight is 553 g/mol. The number of carbonyl (C=O) groups excluding carboxylic acids is 3. The Morgan fingerprint density at radius 1 is 0.854 bits per heavy atom. The normalized spacial score (nSPS) is 12.7. The van der Waals surface area contributed by atoms with E-state index >= 15 is 0 Å². The van der Waals surface area contributed by atoms with Crippen molar-refractivity contribution < 1.29 is 29.0 Å². The molecule has 0 bridgehead atoms. The van der Waals surface area contributed by atoms with Gasteiger partial charge in [0.05, 0.1) is 20.1 Å². The van der Waals surface area contributed by atoms with Gasteiger partial charge in [-0.05, 0) is 64.7 Å². The smallest absolute Gasteiger partial charge is 0.354 e. The maximum Gasteiger partial charge on any atom is 0.354 e. The van der Waals surface area contributed by atoms with E-state index in [9.17, 15) is 19.5 Å². The van der Waals surface area contributed by atoms with Crippen molar-refractivity contribution in [1.29, 1.82) is 0 Å². The van der Waals surface area contributed by atoms with Crippen molar-refractivity contribution in [3.8, 4) is 11.5 Å². The van der Waals surface area contributed by atoms with Crippen molar-refractivity contribution in [1.82, 2.24) is 10.6 Å². The number of benzene rings is 4. The number of nitrogens with one attached hydrogen (secondary N) is 2. The third kappa shape index (κ3) is 7.51. The number of carbonyl (C=O) groups is 3. The van der Waals surface area contributed by atoms with Crippen molar-refractivity contribution in [2.75, 3.05) is 14.2 Å². The fraction of sp³-hybridized carbons (Fsp3) is 0.182. The molecule has 210 valence electrons. The highest BCUT2D eigenvalue weighted by atomic mass is 16.5. The molecular weight excluding hydrogens is 520 g/mol. The van der Waals surface area contributed by atoms with Gasteiger partial charge in [-0.2, -0.15) is 0 Å². The van der Waals surface area contributed by atoms with Crippen LogP contribution in [-0.2, 0) is 25.5 Å². The van der Waals surface area contributed by atoms with Crippen LogP contribution in [0.4, 0.5) is 0 Å². The SMILES string of the molecule is COC(=O)/C(=C/c1ccccc1)NC(=O)[C@H](Cc1ccc(O)cc1)NC(=O)[C@@H](C)c1ccc2cc(OC)ccc2c1. The first-order valence-corrected chi connectivity index (χ1v) is 13.1. The van der Waals surface area contributed by atoms with E-state index in [2.05, 4.69) is 10.6 Å². The first-order chi connectivity index (χ1) is 19.8. The van der Waals surface area contributed by atoms with Gasteiger partial charge in [0.2, 0.25) is 11.8 Å². The van der Waals surface area contributed by atoms with Gasteiger partial charge >= 0.3 is 5.97 Å². The van der Waals surface area contributed by atoms with E-state index in [0.29, 0.717) is 11.1 Å². The minimum Gasteiger partial charge on any atom is -0.508 e. The quantitative estimate of drug-likeness (QED) is 0.194. The maximum atomic E-state index is 13.5. The largest absolute Gasteiger partial charge is 0.508 e. The highest BCUT2D eigenvalue weighted by Gasteiger charge is 2.27. The zero-order chi connectivity index (χ0) is 29.4. The van der Waals surface area contributed by atoms with Crippen LogP contribution >= 0.6 is 0 Å². The summed E-state index contributed by atoms with van der Waals surface area (Å²) >= 11 is 0. The van der Waals surface area contributed by atoms with Crippen LogP contribution in [0.3, 0.4) is 0 Å². The number of amides is 2. The molecule has 0 heterocycles. The predicted molar refractivity (Wildman–Crippen MR) is 157 cm³/mol. The van der Waals surface area contributed by atoms with Crippen molar-refractivity contribution in [3.63, 3.8) is 0 Å². The molecule has 3 N–H and O–H groups in total. The highest BCUT2D eigenvalue weighted by Crippen LogP contribution is 2.25. The Hall–Kier alpha value is -5.11. The van der Waals surface area contributed by atoms with Crippen molar-refractivity contribution in [2.24, 2.45) is 0 Å². The summed E-state index contributed by atoms with van der Waals surface area (Å²) in [5.74, 6) is -1.42. The number of hydrogen-bond acceptors (Lipinski definition) is 6. The van der Waals surface area contributed by atoms with Gasteiger partial charge in [0.15, 0.2) is 0 Å². The van der Waals surface area contributed by atoms with Crippen LogP contribution in [-0.4, -0.2) is 43.2 Å². The lowest BCUT2D eigenvalue weighted by molar-refractivity contribution is -0.138. The molecule has 0 aliphatic rings. The average Bonchev–Trinajstić information content (AvgIpc) is 3.00. The molecule has 0 spiro atoms. The van der Waals surface area contributed by atoms with Crippen LogP contribution < -0.4 is 15.4 Å². The van der Waals surface area contributed by atoms with E-state index in [1.165, 1.54) is 25.3 Å². The number of methoxy groups -OCH3 is 2. The Balaban J connectivity index is 1.58. The topological polar surface area (TPSA) is 114 Å². The molecular formula is C33H32N2O6. The van der Waals surface area contributed by atoms with Crippen molar-refractivity contribution in [3.05, 3.63) is 113 Å². The Morgan fingerprint density at radius 2 is 1.54 bits per heavy atom. The third-order valence-corrected chi connectivity index (χ3v) is 6.75. The molecule has 0 fully saturated rings. The predicted octanol–water partition coefficient (Wildman–Crippen LogP) is 4.72. The monoisotopic (exact) mass is 552 g/mol. The standard InChI is InChI=1S/C33H32N2O6/c1-21(24-11-12-26-20-28(40-2)16-13-25(26)19-24)31(37)34-29(17-23-9-14-27(36)15-10-23)32(38)35-30(33(39)41-3)18-22-7-5-4-6-8-22/h4-16,18-21,29,36H,17H2,1-3H3,(H,34,37)(H,35,38)/b30-18-/t21-,29-/m0/s1. The molecule has 0 unspecified atom stereocenters. The third-order valence-electron chi connectivity index (χ3n) is 6.75. The van der Waals surface area contributed by atoms with E-state index in [1.54, 1.807) is 50.4 Å². The molecule has 2 atom stereocenters. The van der Waals surface area contributed by atoms with Gasteiger partial charge in [0.25, 0.3) is 0 Å². The summed E-state index contributed by atoms with van der Waals surface area (Å²) in [5, 5.41) is 17.1. The molecule has 4 aromatic carbocycles. The van der Waals surface area contributed by atoms with Crippen molar-refractivity contribution in [2.45, 2.75) is 25.3 Å². The van der Waals surface area contributed by atoms with Crippen LogP contribution in [0, 0.1) is 0 Å². The van der Waals surface area contributed by atoms with E-state index in [4.69, 9.17) is 9.47 Å². The van der Waals surface area contributed by atoms with Gasteiger partial charge in [-0.1, -0.05) is 66.7 Å². The first-order valence-electron chi connectivity index (χ1n) is 13.1. The van der Waals surface area contributed by atoms with Crippen LogP contribution in [0.1, 0.15) is 29.5 Å². The second-order valence-corrected chi connectivity index (χ2v) is 9.58. The molecule has 41 heavy (non-hydrogen) atoms. The molecule has 2 amide bonds. The van der Waals surface area contributed by atoms with E-state index in [-0.39, 0.29) is 23.8 Å².